The Kier molecular flexibility index (Phi) is 5.01. The number of benzene rings is 1. The predicted molar refractivity (Wildman–Crippen MR) is 108 cm³/mol. The van der Waals surface area contributed by atoms with Crippen molar-refractivity contribution in [3.05, 3.63) is 81.8 Å². The Labute approximate surface area is 165 Å². The van der Waals surface area contributed by atoms with Gasteiger partial charge in [-0.15, -0.1) is 16.4 Å². The second-order valence-electron chi connectivity index (χ2n) is 6.25. The van der Waals surface area contributed by atoms with Gasteiger partial charge >= 0.3 is 0 Å². The SMILES string of the molecule is O=C(C(=Cc1ccncc1)c1cccs1)N(O)C(=O)c1cccc2c1CCN2. The summed E-state index contributed by atoms with van der Waals surface area (Å²) in [5.74, 6) is -1.50. The van der Waals surface area contributed by atoms with Gasteiger partial charge in [0, 0.05) is 35.1 Å². The standard InChI is InChI=1S/C21H17N3O3S/c25-20(16-3-1-4-18-15(16)8-11-23-18)24(27)21(26)17(19-5-2-12-28-19)13-14-6-9-22-10-7-14/h1-7,9-10,12-13,23,27H,8,11H2. The third-order valence-electron chi connectivity index (χ3n) is 4.52. The lowest BCUT2D eigenvalue weighted by molar-refractivity contribution is -0.146. The van der Waals surface area contributed by atoms with Crippen molar-refractivity contribution in [1.29, 1.82) is 0 Å². The third kappa shape index (κ3) is 3.45. The van der Waals surface area contributed by atoms with E-state index in [9.17, 15) is 14.8 Å². The van der Waals surface area contributed by atoms with Gasteiger partial charge in [-0.05, 0) is 59.3 Å². The van der Waals surface area contributed by atoms with Crippen LogP contribution in [0.4, 0.5) is 5.69 Å². The normalized spacial score (nSPS) is 13.0. The predicted octanol–water partition coefficient (Wildman–Crippen LogP) is 3.71. The molecule has 0 unspecified atom stereocenters. The second kappa shape index (κ2) is 7.75. The Morgan fingerprint density at radius 1 is 1.14 bits per heavy atom. The van der Waals surface area contributed by atoms with Crippen LogP contribution in [0.1, 0.15) is 26.4 Å². The van der Waals surface area contributed by atoms with Crippen LogP contribution in [-0.2, 0) is 11.2 Å². The van der Waals surface area contributed by atoms with Gasteiger partial charge in [0.2, 0.25) is 0 Å². The van der Waals surface area contributed by atoms with E-state index in [-0.39, 0.29) is 10.6 Å². The first kappa shape index (κ1) is 18.1. The van der Waals surface area contributed by atoms with E-state index in [1.807, 2.05) is 17.5 Å². The Morgan fingerprint density at radius 2 is 1.96 bits per heavy atom. The van der Waals surface area contributed by atoms with Crippen molar-refractivity contribution in [3.8, 4) is 0 Å². The molecule has 1 aliphatic heterocycles. The Morgan fingerprint density at radius 3 is 2.71 bits per heavy atom. The van der Waals surface area contributed by atoms with Gasteiger partial charge < -0.3 is 5.32 Å². The molecule has 140 valence electrons. The van der Waals surface area contributed by atoms with Gasteiger partial charge in [0.15, 0.2) is 0 Å². The summed E-state index contributed by atoms with van der Waals surface area (Å²) in [6, 6.07) is 12.3. The number of hydrogen-bond donors (Lipinski definition) is 2. The zero-order valence-electron chi connectivity index (χ0n) is 14.8. The molecule has 0 saturated carbocycles. The number of pyridine rings is 1. The van der Waals surface area contributed by atoms with Crippen molar-refractivity contribution in [2.45, 2.75) is 6.42 Å². The largest absolute Gasteiger partial charge is 0.384 e. The first-order valence-corrected chi connectivity index (χ1v) is 9.62. The number of hydroxylamine groups is 2. The second-order valence-corrected chi connectivity index (χ2v) is 7.19. The summed E-state index contributed by atoms with van der Waals surface area (Å²) >= 11 is 1.36. The summed E-state index contributed by atoms with van der Waals surface area (Å²) in [7, 11) is 0. The fourth-order valence-corrected chi connectivity index (χ4v) is 3.90. The summed E-state index contributed by atoms with van der Waals surface area (Å²) < 4.78 is 0. The van der Waals surface area contributed by atoms with E-state index < -0.39 is 11.8 Å². The zero-order chi connectivity index (χ0) is 19.5. The van der Waals surface area contributed by atoms with E-state index in [1.165, 1.54) is 11.3 Å². The molecule has 1 aromatic carbocycles. The van der Waals surface area contributed by atoms with Crippen molar-refractivity contribution in [2.75, 3.05) is 11.9 Å². The van der Waals surface area contributed by atoms with Crippen molar-refractivity contribution in [2.24, 2.45) is 0 Å². The molecule has 2 amide bonds. The highest BCUT2D eigenvalue weighted by molar-refractivity contribution is 7.11. The molecular weight excluding hydrogens is 374 g/mol. The van der Waals surface area contributed by atoms with Crippen molar-refractivity contribution in [1.82, 2.24) is 10.0 Å². The van der Waals surface area contributed by atoms with Gasteiger partial charge in [-0.1, -0.05) is 12.1 Å². The van der Waals surface area contributed by atoms with Gasteiger partial charge in [-0.3, -0.25) is 19.8 Å². The molecule has 0 fully saturated rings. The van der Waals surface area contributed by atoms with Crippen LogP contribution in [0.3, 0.4) is 0 Å². The van der Waals surface area contributed by atoms with Crippen LogP contribution in [0, 0.1) is 0 Å². The zero-order valence-corrected chi connectivity index (χ0v) is 15.6. The molecule has 0 spiro atoms. The van der Waals surface area contributed by atoms with E-state index in [2.05, 4.69) is 10.3 Å². The van der Waals surface area contributed by atoms with Gasteiger partial charge in [-0.2, -0.15) is 0 Å². The molecular formula is C21H17N3O3S. The van der Waals surface area contributed by atoms with Crippen LogP contribution in [0.15, 0.2) is 60.2 Å². The summed E-state index contributed by atoms with van der Waals surface area (Å²) in [5.41, 5.74) is 2.99. The van der Waals surface area contributed by atoms with Crippen molar-refractivity contribution in [3.63, 3.8) is 0 Å². The Hall–Kier alpha value is -3.29. The van der Waals surface area contributed by atoms with Crippen LogP contribution in [0.5, 0.6) is 0 Å². The van der Waals surface area contributed by atoms with E-state index in [0.29, 0.717) is 16.9 Å². The van der Waals surface area contributed by atoms with E-state index in [1.54, 1.807) is 48.8 Å². The molecule has 7 heteroatoms. The number of carbonyl (C=O) groups excluding carboxylic acids is 2. The van der Waals surface area contributed by atoms with Gasteiger partial charge in [0.05, 0.1) is 5.57 Å². The average molecular weight is 391 g/mol. The lowest BCUT2D eigenvalue weighted by Gasteiger charge is -2.16. The van der Waals surface area contributed by atoms with Crippen LogP contribution >= 0.6 is 11.3 Å². The quantitative estimate of drug-likeness (QED) is 0.402. The number of nitrogens with zero attached hydrogens (tertiary/aromatic N) is 2. The fourth-order valence-electron chi connectivity index (χ4n) is 3.16. The highest BCUT2D eigenvalue weighted by Gasteiger charge is 2.29. The first-order chi connectivity index (χ1) is 13.6. The molecule has 3 heterocycles. The van der Waals surface area contributed by atoms with Crippen LogP contribution in [-0.4, -0.2) is 33.6 Å². The minimum absolute atomic E-state index is 0.209. The number of fused-ring (bicyclic) bond motifs is 1. The van der Waals surface area contributed by atoms with Crippen LogP contribution in [0.2, 0.25) is 0 Å². The highest BCUT2D eigenvalue weighted by Crippen LogP contribution is 2.28. The molecule has 0 radical (unpaired) electrons. The van der Waals surface area contributed by atoms with E-state index in [0.717, 1.165) is 23.4 Å². The van der Waals surface area contributed by atoms with E-state index >= 15 is 0 Å². The molecule has 0 bridgehead atoms. The number of carbonyl (C=O) groups is 2. The molecule has 28 heavy (non-hydrogen) atoms. The molecule has 0 saturated heterocycles. The van der Waals surface area contributed by atoms with Gasteiger partial charge in [-0.25, -0.2) is 0 Å². The number of aromatic nitrogens is 1. The lowest BCUT2D eigenvalue weighted by atomic mass is 10.0. The van der Waals surface area contributed by atoms with Gasteiger partial charge in [0.25, 0.3) is 11.8 Å². The summed E-state index contributed by atoms with van der Waals surface area (Å²) in [6.07, 6.45) is 5.54. The lowest BCUT2D eigenvalue weighted by Crippen LogP contribution is -2.34. The molecule has 2 aromatic heterocycles. The molecule has 3 aromatic rings. The smallest absolute Gasteiger partial charge is 0.286 e. The van der Waals surface area contributed by atoms with E-state index in [4.69, 9.17) is 0 Å². The monoisotopic (exact) mass is 391 g/mol. The topological polar surface area (TPSA) is 82.5 Å². The minimum Gasteiger partial charge on any atom is -0.384 e. The number of nitrogens with one attached hydrogen (secondary N) is 1. The van der Waals surface area contributed by atoms with Crippen molar-refractivity contribution < 1.29 is 14.8 Å². The number of anilines is 1. The molecule has 2 N–H and O–H groups in total. The molecule has 4 rings (SSSR count). The van der Waals surface area contributed by atoms with Gasteiger partial charge in [0.1, 0.15) is 0 Å². The maximum Gasteiger partial charge on any atom is 0.286 e. The molecule has 0 aliphatic carbocycles. The Balaban J connectivity index is 1.68. The maximum absolute atomic E-state index is 13.0. The number of hydrogen-bond acceptors (Lipinski definition) is 6. The summed E-state index contributed by atoms with van der Waals surface area (Å²) in [5, 5.41) is 15.7. The minimum atomic E-state index is -0.771. The summed E-state index contributed by atoms with van der Waals surface area (Å²) in [4.78, 5) is 30.5. The molecule has 0 atom stereocenters. The van der Waals surface area contributed by atoms with Crippen LogP contribution in [0.25, 0.3) is 11.6 Å². The summed E-state index contributed by atoms with van der Waals surface area (Å²) in [6.45, 7) is 0.724. The number of amides is 2. The number of thiophene rings is 1. The first-order valence-electron chi connectivity index (χ1n) is 8.74. The fraction of sp³-hybridized carbons (Fsp3) is 0.0952. The van der Waals surface area contributed by atoms with Crippen LogP contribution < -0.4 is 5.32 Å². The molecule has 6 nitrogen and oxygen atoms in total. The molecule has 1 aliphatic rings. The average Bonchev–Trinajstić information content (AvgIpc) is 3.42. The van der Waals surface area contributed by atoms with Crippen molar-refractivity contribution >= 4 is 40.5 Å². The third-order valence-corrected chi connectivity index (χ3v) is 5.42. The number of rotatable bonds is 4. The Bertz CT molecular complexity index is 1050. The maximum atomic E-state index is 13.0. The highest BCUT2D eigenvalue weighted by atomic mass is 32.1. The number of imide groups is 1.